The number of nitrogens with one attached hydrogen (secondary N) is 1. The van der Waals surface area contributed by atoms with Crippen LogP contribution in [0, 0.1) is 11.1 Å². The molecule has 2 fully saturated rings. The Morgan fingerprint density at radius 3 is 3.00 bits per heavy atom. The lowest BCUT2D eigenvalue weighted by molar-refractivity contribution is -0.605. The van der Waals surface area contributed by atoms with Gasteiger partial charge < -0.3 is 15.6 Å². The van der Waals surface area contributed by atoms with E-state index in [0.717, 1.165) is 56.2 Å². The van der Waals surface area contributed by atoms with Crippen LogP contribution in [-0.4, -0.2) is 37.9 Å². The van der Waals surface area contributed by atoms with Gasteiger partial charge in [-0.3, -0.25) is 4.79 Å². The molecule has 8 heteroatoms. The van der Waals surface area contributed by atoms with Crippen molar-refractivity contribution >= 4 is 5.91 Å². The van der Waals surface area contributed by atoms with Crippen molar-refractivity contribution in [1.29, 1.82) is 0 Å². The monoisotopic (exact) mass is 369 g/mol. The number of nitrogens with zero attached hydrogens (tertiary/aromatic N) is 4. The molecule has 2 atom stereocenters. The van der Waals surface area contributed by atoms with E-state index in [1.165, 1.54) is 18.6 Å². The molecule has 2 aromatic heterocycles. The first-order valence-corrected chi connectivity index (χ1v) is 9.70. The molecule has 1 amide bonds. The predicted molar refractivity (Wildman–Crippen MR) is 95.2 cm³/mol. The molecule has 5 rings (SSSR count). The summed E-state index contributed by atoms with van der Waals surface area (Å²) in [6.45, 7) is -0.0528. The molecular weight excluding hydrogens is 346 g/mol. The van der Waals surface area contributed by atoms with E-state index < -0.39 is 5.54 Å². The summed E-state index contributed by atoms with van der Waals surface area (Å²) in [6, 6.07) is 0. The van der Waals surface area contributed by atoms with Crippen molar-refractivity contribution in [3.05, 3.63) is 40.7 Å². The van der Waals surface area contributed by atoms with Crippen molar-refractivity contribution in [1.82, 2.24) is 20.1 Å². The van der Waals surface area contributed by atoms with Crippen molar-refractivity contribution in [2.45, 2.75) is 56.4 Å². The van der Waals surface area contributed by atoms with Crippen LogP contribution in [0.4, 0.5) is 0 Å². The number of aliphatic hydroxyl groups is 1. The predicted octanol–water partition coefficient (Wildman–Crippen LogP) is 0.985. The fraction of sp³-hybridized carbons (Fsp3) is 0.579. The van der Waals surface area contributed by atoms with Crippen molar-refractivity contribution in [2.75, 3.05) is 6.61 Å². The van der Waals surface area contributed by atoms with E-state index in [9.17, 15) is 15.1 Å². The average molecular weight is 369 g/mol. The van der Waals surface area contributed by atoms with Crippen LogP contribution in [0.2, 0.25) is 0 Å². The maximum atomic E-state index is 13.1. The SMILES string of the molecule is O=C(NC1(CO)CCCC1)c1nn(-c2c[n+]([O-])ccn2)c2c1CC[C@H]1C[C@@H]21. The van der Waals surface area contributed by atoms with E-state index in [2.05, 4.69) is 15.4 Å². The van der Waals surface area contributed by atoms with Gasteiger partial charge in [-0.1, -0.05) is 12.8 Å². The van der Waals surface area contributed by atoms with Crippen LogP contribution in [0.1, 0.15) is 66.2 Å². The van der Waals surface area contributed by atoms with E-state index in [1.807, 2.05) is 0 Å². The summed E-state index contributed by atoms with van der Waals surface area (Å²) in [5.41, 5.74) is 1.88. The minimum atomic E-state index is -0.534. The Balaban J connectivity index is 1.55. The topological polar surface area (TPSA) is 107 Å². The molecule has 2 N–H and O–H groups in total. The zero-order valence-corrected chi connectivity index (χ0v) is 15.1. The van der Waals surface area contributed by atoms with Crippen LogP contribution >= 0.6 is 0 Å². The standard InChI is InChI=1S/C19H23N5O3/c25-11-19(5-1-2-6-19)21-18(26)16-13-4-3-12-9-14(12)17(13)24(22-16)15-10-23(27)8-7-20-15/h7-8,10,12,14,25H,1-6,9,11H2,(H,21,26)/t12-,14+/m0/s1. The Morgan fingerprint density at radius 1 is 1.44 bits per heavy atom. The van der Waals surface area contributed by atoms with E-state index in [1.54, 1.807) is 4.68 Å². The summed E-state index contributed by atoms with van der Waals surface area (Å²) in [7, 11) is 0. The Labute approximate surface area is 156 Å². The molecule has 2 saturated carbocycles. The van der Waals surface area contributed by atoms with Gasteiger partial charge in [0.05, 0.1) is 24.0 Å². The van der Waals surface area contributed by atoms with Gasteiger partial charge in [-0.25, -0.2) is 9.67 Å². The van der Waals surface area contributed by atoms with E-state index >= 15 is 0 Å². The van der Waals surface area contributed by atoms with Crippen molar-refractivity contribution in [3.63, 3.8) is 0 Å². The molecule has 0 spiro atoms. The maximum Gasteiger partial charge on any atom is 0.272 e. The number of rotatable bonds is 4. The quantitative estimate of drug-likeness (QED) is 0.617. The van der Waals surface area contributed by atoms with Gasteiger partial charge >= 0.3 is 0 Å². The number of hydrogen-bond acceptors (Lipinski definition) is 5. The molecule has 27 heavy (non-hydrogen) atoms. The molecule has 2 heterocycles. The van der Waals surface area contributed by atoms with Crippen LogP contribution < -0.4 is 10.0 Å². The first-order valence-electron chi connectivity index (χ1n) is 9.70. The zero-order valence-electron chi connectivity index (χ0n) is 15.1. The summed E-state index contributed by atoms with van der Waals surface area (Å²) >= 11 is 0. The second kappa shape index (κ2) is 6.02. The molecule has 0 aromatic carbocycles. The lowest BCUT2D eigenvalue weighted by atomic mass is 9.94. The fourth-order valence-corrected chi connectivity index (χ4v) is 4.83. The second-order valence-electron chi connectivity index (χ2n) is 8.14. The smallest absolute Gasteiger partial charge is 0.272 e. The van der Waals surface area contributed by atoms with Crippen LogP contribution in [-0.2, 0) is 6.42 Å². The van der Waals surface area contributed by atoms with E-state index in [-0.39, 0.29) is 12.5 Å². The van der Waals surface area contributed by atoms with E-state index in [0.29, 0.717) is 28.1 Å². The highest BCUT2D eigenvalue weighted by Gasteiger charge is 2.47. The maximum absolute atomic E-state index is 13.1. The first-order chi connectivity index (χ1) is 13.1. The normalized spacial score (nSPS) is 24.9. The Bertz CT molecular complexity index is 903. The summed E-state index contributed by atoms with van der Waals surface area (Å²) in [5, 5.41) is 29.2. The number of amides is 1. The van der Waals surface area contributed by atoms with Crippen LogP contribution in [0.25, 0.3) is 5.82 Å². The number of aliphatic hydroxyl groups excluding tert-OH is 1. The Hall–Kier alpha value is -2.48. The van der Waals surface area contributed by atoms with Gasteiger partial charge in [-0.2, -0.15) is 9.83 Å². The van der Waals surface area contributed by atoms with Crippen LogP contribution in [0.3, 0.4) is 0 Å². The molecular formula is C19H23N5O3. The average Bonchev–Trinajstić information content (AvgIpc) is 3.14. The zero-order chi connectivity index (χ0) is 18.6. The minimum absolute atomic E-state index is 0.0528. The Morgan fingerprint density at radius 2 is 2.26 bits per heavy atom. The van der Waals surface area contributed by atoms with Crippen molar-refractivity contribution < 1.29 is 14.6 Å². The highest BCUT2D eigenvalue weighted by Crippen LogP contribution is 2.55. The lowest BCUT2D eigenvalue weighted by Crippen LogP contribution is -2.49. The van der Waals surface area contributed by atoms with Gasteiger partial charge in [0.25, 0.3) is 5.91 Å². The van der Waals surface area contributed by atoms with Crippen LogP contribution in [0.5, 0.6) is 0 Å². The number of carbonyl (C=O) groups excluding carboxylic acids is 1. The fourth-order valence-electron chi connectivity index (χ4n) is 4.83. The van der Waals surface area contributed by atoms with Crippen LogP contribution in [0.15, 0.2) is 18.6 Å². The van der Waals surface area contributed by atoms with Gasteiger partial charge in [0.15, 0.2) is 11.9 Å². The molecule has 0 aliphatic heterocycles. The molecule has 142 valence electrons. The molecule has 0 bridgehead atoms. The molecule has 0 unspecified atom stereocenters. The van der Waals surface area contributed by atoms with Gasteiger partial charge in [-0.15, -0.1) is 0 Å². The summed E-state index contributed by atoms with van der Waals surface area (Å²) in [6.07, 6.45) is 10.7. The number of carbonyl (C=O) groups is 1. The van der Waals surface area contributed by atoms with Gasteiger partial charge in [0.2, 0.25) is 12.0 Å². The first kappa shape index (κ1) is 16.7. The molecule has 0 radical (unpaired) electrons. The number of fused-ring (bicyclic) bond motifs is 3. The molecule has 8 nitrogen and oxygen atoms in total. The largest absolute Gasteiger partial charge is 0.619 e. The van der Waals surface area contributed by atoms with E-state index in [4.69, 9.17) is 0 Å². The molecule has 3 aliphatic carbocycles. The van der Waals surface area contributed by atoms with Gasteiger partial charge in [0, 0.05) is 11.5 Å². The third kappa shape index (κ3) is 2.70. The number of aromatic nitrogens is 4. The summed E-state index contributed by atoms with van der Waals surface area (Å²) in [4.78, 5) is 17.4. The lowest BCUT2D eigenvalue weighted by Gasteiger charge is -2.27. The minimum Gasteiger partial charge on any atom is -0.619 e. The second-order valence-corrected chi connectivity index (χ2v) is 8.14. The molecule has 3 aliphatic rings. The molecule has 0 saturated heterocycles. The van der Waals surface area contributed by atoms with Gasteiger partial charge in [-0.05, 0) is 38.0 Å². The number of hydrogen-bond donors (Lipinski definition) is 2. The van der Waals surface area contributed by atoms with Crippen molar-refractivity contribution in [2.24, 2.45) is 5.92 Å². The third-order valence-corrected chi connectivity index (χ3v) is 6.40. The van der Waals surface area contributed by atoms with Crippen molar-refractivity contribution in [3.8, 4) is 5.82 Å². The molecule has 2 aromatic rings. The summed E-state index contributed by atoms with van der Waals surface area (Å²) < 4.78 is 2.38. The Kier molecular flexibility index (Phi) is 3.72. The highest BCUT2D eigenvalue weighted by atomic mass is 16.5. The van der Waals surface area contributed by atoms with Gasteiger partial charge in [0.1, 0.15) is 0 Å². The highest BCUT2D eigenvalue weighted by molar-refractivity contribution is 5.95. The third-order valence-electron chi connectivity index (χ3n) is 6.40. The summed E-state index contributed by atoms with van der Waals surface area (Å²) in [5.74, 6) is 1.24.